The van der Waals surface area contributed by atoms with Crippen LogP contribution in [0, 0.1) is 68.2 Å². The van der Waals surface area contributed by atoms with Crippen LogP contribution in [0.4, 0.5) is 17.1 Å². The summed E-state index contributed by atoms with van der Waals surface area (Å²) in [6.07, 6.45) is 0. The van der Waals surface area contributed by atoms with Gasteiger partial charge < -0.3 is 5.21 Å². The molecule has 0 unspecified atom stereocenters. The molecule has 4 aromatic rings. The third kappa shape index (κ3) is 35.0. The van der Waals surface area contributed by atoms with Crippen LogP contribution in [0.15, 0.2) is 103 Å². The van der Waals surface area contributed by atoms with Crippen molar-refractivity contribution in [3.8, 4) is 0 Å². The molecule has 4 aromatic carbocycles. The number of nitro benzene ring substituents is 3. The minimum atomic E-state index is -4.67. The number of aryl methyl sites for hydroxylation is 4. The van der Waals surface area contributed by atoms with E-state index in [-0.39, 0.29) is 53.1 Å². The summed E-state index contributed by atoms with van der Waals surface area (Å²) in [4.78, 5) is 37.7. The Bertz CT molecular complexity index is 1630. The summed E-state index contributed by atoms with van der Waals surface area (Å²) in [5, 5.41) is 44.1. The van der Waals surface area contributed by atoms with Crippen molar-refractivity contribution in [1.82, 2.24) is 0 Å². The minimum absolute atomic E-state index is 0. The fourth-order valence-electron chi connectivity index (χ4n) is 2.71. The van der Waals surface area contributed by atoms with Crippen LogP contribution in [-0.4, -0.2) is 42.6 Å². The lowest BCUT2D eigenvalue weighted by molar-refractivity contribution is -0.742. The van der Waals surface area contributed by atoms with Gasteiger partial charge in [-0.15, -0.1) is 10.1 Å². The van der Waals surface area contributed by atoms with E-state index >= 15 is 0 Å². The summed E-state index contributed by atoms with van der Waals surface area (Å²) in [7, 11) is -4.67. The van der Waals surface area contributed by atoms with Crippen molar-refractivity contribution in [2.24, 2.45) is 0 Å². The molecule has 50 heavy (non-hydrogen) atoms. The van der Waals surface area contributed by atoms with Gasteiger partial charge >= 0.3 is 11.8 Å². The van der Waals surface area contributed by atoms with Gasteiger partial charge in [0.05, 0.1) is 14.8 Å². The number of nitrogens with zero attached hydrogens (tertiary/aromatic N) is 4. The molecule has 0 aromatic heterocycles. The predicted octanol–water partition coefficient (Wildman–Crippen LogP) is 9.36. The number of rotatable bonds is 3. The van der Waals surface area contributed by atoms with Gasteiger partial charge in [-0.2, -0.15) is 8.42 Å². The van der Waals surface area contributed by atoms with Gasteiger partial charge in [0.15, 0.2) is 0 Å². The summed E-state index contributed by atoms with van der Waals surface area (Å²) in [5.74, 6) is 0. The fourth-order valence-corrected chi connectivity index (χ4v) is 2.71. The standard InChI is InChI=1S/3C7H7NO2.C7H8.4CH4.HNO3.H2O4S/c1-6-2-4-7(5-3-6)8(9)10;1-6-3-2-4-7(5-6)8(9)10;1-6-4-2-3-5-7(6)8(9)10;1-7-5-3-2-4-6-7;;;;;2-1(3)4;1-5(2,3)4/h3*2-5H,1H3;2-6H,1H3;4*1H4;(H,2,3,4);(H2,1,2,3,4)/p+1. The maximum Gasteiger partial charge on any atom is 1.00 e. The van der Waals surface area contributed by atoms with E-state index in [1.54, 1.807) is 49.4 Å². The quantitative estimate of drug-likeness (QED) is 0.101. The molecular weight excluding hydrogens is 680 g/mol. The monoisotopic (exact) mass is 729 g/mol. The summed E-state index contributed by atoms with van der Waals surface area (Å²) in [5.41, 5.74) is 4.45. The third-order valence-electron chi connectivity index (χ3n) is 4.71. The Morgan fingerprint density at radius 3 is 1.16 bits per heavy atom. The lowest BCUT2D eigenvalue weighted by Crippen LogP contribution is -1.89. The highest BCUT2D eigenvalue weighted by molar-refractivity contribution is 7.79. The molecule has 17 nitrogen and oxygen atoms in total. The normalized spacial score (nSPS) is 8.44. The van der Waals surface area contributed by atoms with E-state index in [4.69, 9.17) is 32.8 Å². The van der Waals surface area contributed by atoms with Gasteiger partial charge in [-0.05, 0) is 33.3 Å². The zero-order chi connectivity index (χ0) is 35.9. The molecule has 0 radical (unpaired) electrons. The highest BCUT2D eigenvalue weighted by Crippen LogP contribution is 2.15. The van der Waals surface area contributed by atoms with Crippen LogP contribution in [0.2, 0.25) is 0 Å². The van der Waals surface area contributed by atoms with Crippen molar-refractivity contribution in [2.45, 2.75) is 57.4 Å². The predicted molar refractivity (Wildman–Crippen MR) is 196 cm³/mol. The molecule has 0 aliphatic rings. The van der Waals surface area contributed by atoms with Crippen LogP contribution in [0.3, 0.4) is 0 Å². The second-order valence-electron chi connectivity index (χ2n) is 8.57. The van der Waals surface area contributed by atoms with Gasteiger partial charge in [-0.1, -0.05) is 114 Å². The van der Waals surface area contributed by atoms with Gasteiger partial charge in [0, 0.05) is 35.9 Å². The summed E-state index contributed by atoms with van der Waals surface area (Å²) < 4.78 is 31.6. The number of hydrogen-bond acceptors (Lipinski definition) is 10. The van der Waals surface area contributed by atoms with Crippen LogP contribution in [0.25, 0.3) is 0 Å². The maximum atomic E-state index is 10.2. The lowest BCUT2D eigenvalue weighted by Gasteiger charge is -1.92. The Morgan fingerprint density at radius 1 is 0.520 bits per heavy atom. The molecule has 0 fully saturated rings. The minimum Gasteiger partial charge on any atom is -0.328 e. The Hall–Kier alpha value is -5.85. The van der Waals surface area contributed by atoms with Crippen molar-refractivity contribution in [2.75, 3.05) is 0 Å². The van der Waals surface area contributed by atoms with Crippen molar-refractivity contribution in [1.29, 1.82) is 0 Å². The second-order valence-corrected chi connectivity index (χ2v) is 9.47. The van der Waals surface area contributed by atoms with Crippen molar-refractivity contribution < 1.29 is 44.0 Å². The average molecular weight is 730 g/mol. The molecule has 0 saturated carbocycles. The largest absolute Gasteiger partial charge is 1.00 e. The van der Waals surface area contributed by atoms with Gasteiger partial charge in [-0.25, -0.2) is 0 Å². The molecular formula is C32H49N4O13S+. The molecule has 4 rings (SSSR count). The fraction of sp³-hybridized carbons (Fsp3) is 0.250. The van der Waals surface area contributed by atoms with E-state index in [1.807, 2.05) is 38.1 Å². The zero-order valence-corrected chi connectivity index (χ0v) is 25.8. The number of benzene rings is 4. The van der Waals surface area contributed by atoms with Crippen molar-refractivity contribution >= 4 is 27.5 Å². The smallest absolute Gasteiger partial charge is 0.328 e. The van der Waals surface area contributed by atoms with E-state index < -0.39 is 25.3 Å². The van der Waals surface area contributed by atoms with Crippen LogP contribution in [-0.2, 0) is 10.4 Å². The number of hydrogen-bond donors (Lipinski definition) is 3. The van der Waals surface area contributed by atoms with E-state index in [2.05, 4.69) is 19.1 Å². The molecule has 0 amide bonds. The van der Waals surface area contributed by atoms with E-state index in [0.717, 1.165) is 11.1 Å². The van der Waals surface area contributed by atoms with Gasteiger partial charge in [0.25, 0.3) is 22.1 Å². The topological polar surface area (TPSA) is 267 Å². The summed E-state index contributed by atoms with van der Waals surface area (Å²) >= 11 is 0. The first-order chi connectivity index (χ1) is 21.2. The van der Waals surface area contributed by atoms with E-state index in [0.29, 0.717) is 5.56 Å². The number of para-hydroxylation sites is 1. The van der Waals surface area contributed by atoms with Gasteiger partial charge in [-0.3, -0.25) is 39.4 Å². The Labute approximate surface area is 294 Å². The van der Waals surface area contributed by atoms with Crippen molar-refractivity contribution in [3.05, 3.63) is 166 Å². The maximum absolute atomic E-state index is 10.2. The molecule has 280 valence electrons. The molecule has 18 heteroatoms. The van der Waals surface area contributed by atoms with Crippen molar-refractivity contribution in [3.63, 3.8) is 0 Å². The Balaban J connectivity index is -0.0000000917. The summed E-state index contributed by atoms with van der Waals surface area (Å²) in [6, 6.07) is 29.9. The molecule has 0 spiro atoms. The van der Waals surface area contributed by atoms with E-state index in [1.165, 1.54) is 29.8 Å². The first-order valence-corrected chi connectivity index (χ1v) is 13.8. The molecule has 0 aliphatic heterocycles. The van der Waals surface area contributed by atoms with E-state index in [9.17, 15) is 30.3 Å². The Morgan fingerprint density at radius 2 is 0.880 bits per heavy atom. The molecule has 0 saturated heterocycles. The zero-order valence-electron chi connectivity index (χ0n) is 25.9. The number of nitro groups is 3. The van der Waals surface area contributed by atoms with Gasteiger partial charge in [0.1, 0.15) is 0 Å². The van der Waals surface area contributed by atoms with Crippen LogP contribution >= 0.6 is 0 Å². The lowest BCUT2D eigenvalue weighted by atomic mass is 10.2. The highest BCUT2D eigenvalue weighted by atomic mass is 32.3. The average Bonchev–Trinajstić information content (AvgIpc) is 2.94. The van der Waals surface area contributed by atoms with Crippen LogP contribution in [0.5, 0.6) is 0 Å². The highest BCUT2D eigenvalue weighted by Gasteiger charge is 2.06. The van der Waals surface area contributed by atoms with Crippen LogP contribution in [0.1, 0.15) is 53.4 Å². The SMILES string of the molecule is C.C.C.C.Cc1ccc([N+](=O)[O-])cc1.Cc1cccc([N+](=O)[O-])c1.Cc1ccccc1.Cc1ccccc1[N+](=O)[O-].O=S(=O)(O)O.O=[N+]([O-])O.[H+]. The molecule has 0 aliphatic carbocycles. The molecule has 0 heterocycles. The summed E-state index contributed by atoms with van der Waals surface area (Å²) in [6.45, 7) is 7.52. The molecule has 3 N–H and O–H groups in total. The first kappa shape index (κ1) is 56.5. The third-order valence-corrected chi connectivity index (χ3v) is 4.71. The molecule has 0 atom stereocenters. The second kappa shape index (κ2) is 30.5. The Kier molecular flexibility index (Phi) is 34.4. The number of non-ortho nitro benzene ring substituents is 2. The van der Waals surface area contributed by atoms with Gasteiger partial charge in [0.2, 0.25) is 0 Å². The molecule has 0 bridgehead atoms. The first-order valence-electron chi connectivity index (χ1n) is 12.4. The van der Waals surface area contributed by atoms with Crippen LogP contribution < -0.4 is 0 Å².